The predicted molar refractivity (Wildman–Crippen MR) is 123 cm³/mol. The molecule has 0 amide bonds. The third kappa shape index (κ3) is 5.87. The summed E-state index contributed by atoms with van der Waals surface area (Å²) in [7, 11) is -4.00. The highest BCUT2D eigenvalue weighted by Gasteiger charge is 2.60. The van der Waals surface area contributed by atoms with Crippen molar-refractivity contribution in [2.45, 2.75) is 83.5 Å². The molecule has 0 radical (unpaired) electrons. The molecule has 2 saturated heterocycles. The van der Waals surface area contributed by atoms with Crippen LogP contribution in [-0.4, -0.2) is 57.7 Å². The van der Waals surface area contributed by atoms with E-state index in [1.54, 1.807) is 0 Å². The number of rotatable bonds is 10. The van der Waals surface area contributed by atoms with Crippen LogP contribution in [0.15, 0.2) is 17.1 Å². The molecule has 3 heterocycles. The van der Waals surface area contributed by atoms with Crippen LogP contribution < -0.4 is 16.5 Å². The van der Waals surface area contributed by atoms with Gasteiger partial charge in [0.05, 0.1) is 13.2 Å². The number of nitrogens with one attached hydrogen (secondary N) is 1. The average Bonchev–Trinajstić information content (AvgIpc) is 3.01. The third-order valence-electron chi connectivity index (χ3n) is 6.04. The highest BCUT2D eigenvalue weighted by Crippen LogP contribution is 2.55. The highest BCUT2D eigenvalue weighted by atomic mass is 31.2. The van der Waals surface area contributed by atoms with Gasteiger partial charge in [-0.15, -0.1) is 0 Å². The van der Waals surface area contributed by atoms with Crippen molar-refractivity contribution in [3.63, 3.8) is 0 Å². The standard InChI is InChI=1S/C21H35N4O8P/c1-5-7-14(8-6-2)11-30-18(26)13(3)24-34(29)31-12-15-17(33-34)21(4,28)19(32-15)25-10-9-16(22)23-20(25)27/h9-10,13-15,17,19,28H,5-8,11-12H2,1-4H3,(H,24,29)(H2,22,23,27)/t13-,15+,17+,19+,21+,34?/m0/s1. The first kappa shape index (κ1) is 26.8. The minimum Gasteiger partial charge on any atom is -0.464 e. The van der Waals surface area contributed by atoms with Crippen molar-refractivity contribution in [3.05, 3.63) is 22.7 Å². The molecule has 0 aromatic carbocycles. The summed E-state index contributed by atoms with van der Waals surface area (Å²) < 4.78 is 36.6. The molecule has 2 aliphatic rings. The van der Waals surface area contributed by atoms with Crippen molar-refractivity contribution in [1.29, 1.82) is 0 Å². The second-order valence-corrected chi connectivity index (χ2v) is 10.8. The Labute approximate surface area is 198 Å². The molecule has 4 N–H and O–H groups in total. The van der Waals surface area contributed by atoms with Gasteiger partial charge in [0, 0.05) is 6.20 Å². The number of aliphatic hydroxyl groups is 1. The van der Waals surface area contributed by atoms with E-state index in [9.17, 15) is 19.3 Å². The number of hydrogen-bond acceptors (Lipinski definition) is 10. The van der Waals surface area contributed by atoms with Gasteiger partial charge >= 0.3 is 19.4 Å². The quantitative estimate of drug-likeness (QED) is 0.315. The Morgan fingerprint density at radius 1 is 1.44 bits per heavy atom. The van der Waals surface area contributed by atoms with Crippen molar-refractivity contribution in [2.75, 3.05) is 18.9 Å². The highest BCUT2D eigenvalue weighted by molar-refractivity contribution is 7.51. The van der Waals surface area contributed by atoms with E-state index in [0.29, 0.717) is 0 Å². The van der Waals surface area contributed by atoms with Gasteiger partial charge < -0.3 is 20.3 Å². The molecule has 0 spiro atoms. The van der Waals surface area contributed by atoms with Gasteiger partial charge in [0.1, 0.15) is 29.7 Å². The van der Waals surface area contributed by atoms with Crippen LogP contribution in [-0.2, 0) is 27.9 Å². The zero-order valence-corrected chi connectivity index (χ0v) is 20.9. The van der Waals surface area contributed by atoms with Gasteiger partial charge in [-0.2, -0.15) is 4.98 Å². The summed E-state index contributed by atoms with van der Waals surface area (Å²) in [6, 6.07) is 0.421. The molecule has 1 aromatic rings. The van der Waals surface area contributed by atoms with E-state index in [0.717, 1.165) is 30.3 Å². The van der Waals surface area contributed by atoms with E-state index < -0.39 is 49.5 Å². The molecule has 2 fully saturated rings. The molecule has 12 nitrogen and oxygen atoms in total. The lowest BCUT2D eigenvalue weighted by Gasteiger charge is -2.36. The van der Waals surface area contributed by atoms with Gasteiger partial charge in [-0.05, 0) is 38.7 Å². The normalized spacial score (nSPS) is 31.9. The number of aromatic nitrogens is 2. The molecule has 0 bridgehead atoms. The van der Waals surface area contributed by atoms with Gasteiger partial charge in [-0.3, -0.25) is 18.4 Å². The largest absolute Gasteiger partial charge is 0.464 e. The Bertz CT molecular complexity index is 964. The van der Waals surface area contributed by atoms with Crippen LogP contribution in [0, 0.1) is 5.92 Å². The van der Waals surface area contributed by atoms with Crippen LogP contribution in [0.25, 0.3) is 0 Å². The fraction of sp³-hybridized carbons (Fsp3) is 0.762. The van der Waals surface area contributed by atoms with Gasteiger partial charge in [-0.25, -0.2) is 14.4 Å². The Kier molecular flexibility index (Phi) is 8.54. The molecular weight excluding hydrogens is 467 g/mol. The van der Waals surface area contributed by atoms with E-state index in [4.69, 9.17) is 24.3 Å². The minimum absolute atomic E-state index is 0.0289. The van der Waals surface area contributed by atoms with Gasteiger partial charge in [-0.1, -0.05) is 26.7 Å². The summed E-state index contributed by atoms with van der Waals surface area (Å²) in [6.45, 7) is 7.17. The molecule has 13 heteroatoms. The number of anilines is 1. The lowest BCUT2D eigenvalue weighted by molar-refractivity contribution is -0.147. The van der Waals surface area contributed by atoms with Crippen molar-refractivity contribution >= 4 is 19.5 Å². The third-order valence-corrected chi connectivity index (χ3v) is 7.74. The van der Waals surface area contributed by atoms with Gasteiger partial charge in [0.15, 0.2) is 6.23 Å². The number of nitrogens with zero attached hydrogens (tertiary/aromatic N) is 2. The molecule has 3 rings (SSSR count). The maximum Gasteiger partial charge on any atom is 0.406 e. The zero-order valence-electron chi connectivity index (χ0n) is 20.0. The van der Waals surface area contributed by atoms with Crippen LogP contribution in [0.1, 0.15) is 59.6 Å². The van der Waals surface area contributed by atoms with Crippen LogP contribution in [0.5, 0.6) is 0 Å². The lowest BCUT2D eigenvalue weighted by Crippen LogP contribution is -2.50. The number of nitrogens with two attached hydrogens (primary N) is 1. The zero-order chi connectivity index (χ0) is 25.1. The van der Waals surface area contributed by atoms with Gasteiger partial charge in [0.25, 0.3) is 0 Å². The summed E-state index contributed by atoms with van der Waals surface area (Å²) in [5.74, 6) is -0.270. The second-order valence-electron chi connectivity index (χ2n) is 9.04. The predicted octanol–water partition coefficient (Wildman–Crippen LogP) is 1.74. The number of esters is 1. The SMILES string of the molecule is CCCC(CCC)COC(=O)[C@H](C)NP1(=O)OC[C@H]2O[C@@H](n3ccc(N)nc3=O)[C@](C)(O)[C@@H]2O1. The van der Waals surface area contributed by atoms with Crippen molar-refractivity contribution in [1.82, 2.24) is 14.6 Å². The first-order chi connectivity index (χ1) is 16.0. The van der Waals surface area contributed by atoms with Crippen molar-refractivity contribution in [2.24, 2.45) is 5.92 Å². The Morgan fingerprint density at radius 3 is 2.74 bits per heavy atom. The van der Waals surface area contributed by atoms with Crippen LogP contribution in [0.2, 0.25) is 0 Å². The summed E-state index contributed by atoms with van der Waals surface area (Å²) >= 11 is 0. The van der Waals surface area contributed by atoms with Crippen LogP contribution in [0.4, 0.5) is 5.82 Å². The number of nitrogen functional groups attached to an aromatic ring is 1. The molecule has 0 aliphatic carbocycles. The topological polar surface area (TPSA) is 164 Å². The van der Waals surface area contributed by atoms with Crippen molar-refractivity contribution < 1.29 is 33.0 Å². The van der Waals surface area contributed by atoms with E-state index in [1.165, 1.54) is 26.1 Å². The van der Waals surface area contributed by atoms with E-state index >= 15 is 0 Å². The molecule has 1 aromatic heterocycles. The summed E-state index contributed by atoms with van der Waals surface area (Å²) in [4.78, 5) is 28.4. The molecular formula is C21H35N4O8P. The number of carbonyl (C=O) groups is 1. The average molecular weight is 503 g/mol. The Hall–Kier alpha value is -1.82. The first-order valence-corrected chi connectivity index (χ1v) is 13.1. The number of hydrogen-bond donors (Lipinski definition) is 3. The van der Waals surface area contributed by atoms with Gasteiger partial charge in [0.2, 0.25) is 0 Å². The minimum atomic E-state index is -4.00. The fourth-order valence-corrected chi connectivity index (χ4v) is 6.07. The molecule has 1 unspecified atom stereocenters. The van der Waals surface area contributed by atoms with Crippen molar-refractivity contribution in [3.8, 4) is 0 Å². The smallest absolute Gasteiger partial charge is 0.406 e. The second kappa shape index (κ2) is 10.8. The van der Waals surface area contributed by atoms with Crippen LogP contribution in [0.3, 0.4) is 0 Å². The monoisotopic (exact) mass is 502 g/mol. The Balaban J connectivity index is 1.65. The van der Waals surface area contributed by atoms with E-state index in [1.807, 2.05) is 0 Å². The molecule has 34 heavy (non-hydrogen) atoms. The van der Waals surface area contributed by atoms with E-state index in [-0.39, 0.29) is 24.9 Å². The summed E-state index contributed by atoms with van der Waals surface area (Å²) in [5, 5.41) is 13.7. The molecule has 0 saturated carbocycles. The maximum atomic E-state index is 13.2. The lowest BCUT2D eigenvalue weighted by atomic mass is 9.96. The molecule has 2 aliphatic heterocycles. The van der Waals surface area contributed by atoms with Crippen LogP contribution >= 0.6 is 7.75 Å². The summed E-state index contributed by atoms with van der Waals surface area (Å²) in [5.41, 5.74) is 3.05. The number of fused-ring (bicyclic) bond motifs is 1. The number of carbonyl (C=O) groups excluding carboxylic acids is 1. The van der Waals surface area contributed by atoms with E-state index in [2.05, 4.69) is 23.9 Å². The first-order valence-electron chi connectivity index (χ1n) is 11.6. The summed E-state index contributed by atoms with van der Waals surface area (Å²) in [6.07, 6.45) is 2.18. The molecule has 6 atom stereocenters. The maximum absolute atomic E-state index is 13.2. The Morgan fingerprint density at radius 2 is 2.12 bits per heavy atom. The fourth-order valence-electron chi connectivity index (χ4n) is 4.31. The molecule has 192 valence electrons. The number of ether oxygens (including phenoxy) is 2.